The average Bonchev–Trinajstić information content (AvgIpc) is 3.02. The number of carbonyl (C=O) groups excluding carboxylic acids is 2. The molecule has 0 unspecified atom stereocenters. The molecule has 2 heterocycles. The molecule has 2 aromatic carbocycles. The molecular formula is C34H48N4O6S. The zero-order chi connectivity index (χ0) is 32.2. The highest BCUT2D eigenvalue weighted by Gasteiger charge is 2.54. The first-order valence-electron chi connectivity index (χ1n) is 16.3. The Morgan fingerprint density at radius 1 is 0.956 bits per heavy atom. The van der Waals surface area contributed by atoms with Gasteiger partial charge in [-0.3, -0.25) is 18.8 Å². The van der Waals surface area contributed by atoms with Crippen LogP contribution in [0.1, 0.15) is 76.7 Å². The molecule has 0 bridgehead atoms. The van der Waals surface area contributed by atoms with E-state index in [1.807, 2.05) is 29.2 Å². The minimum atomic E-state index is -3.33. The molecule has 2 N–H and O–H groups in total. The Morgan fingerprint density at radius 2 is 1.56 bits per heavy atom. The second-order valence-corrected chi connectivity index (χ2v) is 15.2. The van der Waals surface area contributed by atoms with Gasteiger partial charge >= 0.3 is 0 Å². The summed E-state index contributed by atoms with van der Waals surface area (Å²) < 4.78 is 30.7. The van der Waals surface area contributed by atoms with E-state index in [1.165, 1.54) is 11.4 Å². The monoisotopic (exact) mass is 640 g/mol. The summed E-state index contributed by atoms with van der Waals surface area (Å²) in [6, 6.07) is 14.1. The molecule has 1 atom stereocenters. The van der Waals surface area contributed by atoms with E-state index in [4.69, 9.17) is 4.74 Å². The molecule has 1 spiro atoms. The number of aliphatic hydroxyl groups is 1. The summed E-state index contributed by atoms with van der Waals surface area (Å²) >= 11 is 0. The Labute approximate surface area is 267 Å². The summed E-state index contributed by atoms with van der Waals surface area (Å²) in [6.45, 7) is 4.78. The maximum Gasteiger partial charge on any atom is 0.246 e. The summed E-state index contributed by atoms with van der Waals surface area (Å²) in [4.78, 5) is 31.8. The van der Waals surface area contributed by atoms with Gasteiger partial charge in [0, 0.05) is 39.6 Å². The fourth-order valence-electron chi connectivity index (χ4n) is 7.00. The van der Waals surface area contributed by atoms with Gasteiger partial charge in [-0.15, -0.1) is 0 Å². The highest BCUT2D eigenvalue weighted by atomic mass is 32.2. The third kappa shape index (κ3) is 7.64. The van der Waals surface area contributed by atoms with Crippen LogP contribution < -0.4 is 14.4 Å². The number of piperidine rings is 1. The van der Waals surface area contributed by atoms with E-state index in [0.717, 1.165) is 50.5 Å². The summed E-state index contributed by atoms with van der Waals surface area (Å²) in [7, 11) is -1.82. The molecule has 2 aliphatic heterocycles. The molecule has 0 radical (unpaired) electrons. The van der Waals surface area contributed by atoms with E-state index in [-0.39, 0.29) is 11.8 Å². The number of nitrogens with zero attached hydrogens (tertiary/aromatic N) is 3. The molecule has 1 saturated carbocycles. The number of likely N-dealkylation sites (tertiary alicyclic amines) is 1. The largest absolute Gasteiger partial charge is 0.457 e. The Balaban J connectivity index is 1.18. The number of nitrogens with one attached hydrogen (secondary N) is 1. The standard InChI is InChI=1S/C34H48N4O6S/c1-4-5-21-38-31(39)30(24-33(41)17-7-6-8-18-33)35-32(40)34(38)19-22-37(23-20-34)25-26-9-13-28(14-10-26)44-29-15-11-27(12-16-29)36(2)45(3,42)43/h9-16,30,41H,4-8,17-25H2,1-3H3,(H,35,40)/t30-/m1/s1. The van der Waals surface area contributed by atoms with Crippen molar-refractivity contribution in [1.82, 2.24) is 15.1 Å². The number of rotatable bonds is 11. The van der Waals surface area contributed by atoms with Gasteiger partial charge in [-0.05, 0) is 74.1 Å². The number of piperazine rings is 1. The van der Waals surface area contributed by atoms with Crippen molar-refractivity contribution in [1.29, 1.82) is 0 Å². The van der Waals surface area contributed by atoms with Gasteiger partial charge < -0.3 is 20.1 Å². The van der Waals surface area contributed by atoms with Gasteiger partial charge in [0.25, 0.3) is 0 Å². The molecule has 246 valence electrons. The van der Waals surface area contributed by atoms with Crippen LogP contribution in [0, 0.1) is 0 Å². The lowest BCUT2D eigenvalue weighted by molar-refractivity contribution is -0.163. The number of carbonyl (C=O) groups is 2. The predicted molar refractivity (Wildman–Crippen MR) is 175 cm³/mol. The summed E-state index contributed by atoms with van der Waals surface area (Å²) in [5.74, 6) is 1.18. The molecule has 11 heteroatoms. The number of hydrogen-bond donors (Lipinski definition) is 2. The summed E-state index contributed by atoms with van der Waals surface area (Å²) in [5, 5.41) is 14.2. The molecule has 0 aromatic heterocycles. The second kappa shape index (κ2) is 13.7. The average molecular weight is 641 g/mol. The SMILES string of the molecule is CCCCN1C(=O)[C@@H](CC2(O)CCCCC2)NC(=O)C12CCN(Cc1ccc(Oc3ccc(N(C)S(C)(=O)=O)cc3)cc1)CC2. The minimum Gasteiger partial charge on any atom is -0.457 e. The first kappa shape index (κ1) is 33.2. The number of unbranched alkanes of at least 4 members (excludes halogenated alkanes) is 1. The number of benzene rings is 2. The van der Waals surface area contributed by atoms with Crippen molar-refractivity contribution in [2.24, 2.45) is 0 Å². The Morgan fingerprint density at radius 3 is 2.13 bits per heavy atom. The lowest BCUT2D eigenvalue weighted by Crippen LogP contribution is -2.73. The summed E-state index contributed by atoms with van der Waals surface area (Å²) in [5.41, 5.74) is -0.0305. The van der Waals surface area contributed by atoms with Gasteiger partial charge in [-0.25, -0.2) is 8.42 Å². The third-order valence-corrected chi connectivity index (χ3v) is 11.1. The van der Waals surface area contributed by atoms with Crippen molar-refractivity contribution >= 4 is 27.5 Å². The molecule has 2 aromatic rings. The van der Waals surface area contributed by atoms with E-state index < -0.39 is 27.2 Å². The van der Waals surface area contributed by atoms with Gasteiger partial charge in [0.05, 0.1) is 17.5 Å². The molecule has 45 heavy (non-hydrogen) atoms. The van der Waals surface area contributed by atoms with Crippen LogP contribution in [0.2, 0.25) is 0 Å². The minimum absolute atomic E-state index is 0.0388. The van der Waals surface area contributed by atoms with Gasteiger partial charge in [0.15, 0.2) is 0 Å². The zero-order valence-electron chi connectivity index (χ0n) is 26.8. The Bertz CT molecular complexity index is 1430. The van der Waals surface area contributed by atoms with Crippen molar-refractivity contribution in [2.75, 3.05) is 37.2 Å². The van der Waals surface area contributed by atoms with Crippen LogP contribution in [0.3, 0.4) is 0 Å². The fourth-order valence-corrected chi connectivity index (χ4v) is 7.50. The number of hydrogen-bond acceptors (Lipinski definition) is 7. The number of ether oxygens (including phenoxy) is 1. The molecule has 2 saturated heterocycles. The molecular weight excluding hydrogens is 592 g/mol. The normalized spacial score (nSPS) is 21.9. The number of amides is 2. The van der Waals surface area contributed by atoms with Gasteiger partial charge in [0.1, 0.15) is 23.1 Å². The van der Waals surface area contributed by atoms with Crippen LogP contribution in [-0.4, -0.2) is 85.3 Å². The molecule has 3 fully saturated rings. The van der Waals surface area contributed by atoms with Gasteiger partial charge in [-0.1, -0.05) is 44.7 Å². The van der Waals surface area contributed by atoms with Crippen LogP contribution in [0.25, 0.3) is 0 Å². The van der Waals surface area contributed by atoms with Crippen LogP contribution in [-0.2, 0) is 26.2 Å². The van der Waals surface area contributed by atoms with Crippen LogP contribution in [0.4, 0.5) is 5.69 Å². The highest BCUT2D eigenvalue weighted by Crippen LogP contribution is 2.38. The fraction of sp³-hybridized carbons (Fsp3) is 0.588. The lowest BCUT2D eigenvalue weighted by atomic mass is 9.77. The van der Waals surface area contributed by atoms with Crippen LogP contribution in [0.15, 0.2) is 48.5 Å². The smallest absolute Gasteiger partial charge is 0.246 e. The maximum atomic E-state index is 13.8. The van der Waals surface area contributed by atoms with Crippen molar-refractivity contribution < 1.29 is 27.9 Å². The van der Waals surface area contributed by atoms with E-state index in [1.54, 1.807) is 24.3 Å². The highest BCUT2D eigenvalue weighted by molar-refractivity contribution is 7.92. The second-order valence-electron chi connectivity index (χ2n) is 13.1. The molecule has 5 rings (SSSR count). The molecule has 2 amide bonds. The van der Waals surface area contributed by atoms with E-state index in [2.05, 4.69) is 17.1 Å². The van der Waals surface area contributed by atoms with Crippen molar-refractivity contribution in [3.8, 4) is 11.5 Å². The van der Waals surface area contributed by atoms with Crippen LogP contribution >= 0.6 is 0 Å². The number of anilines is 1. The van der Waals surface area contributed by atoms with Crippen molar-refractivity contribution in [3.05, 3.63) is 54.1 Å². The molecule has 1 aliphatic carbocycles. The van der Waals surface area contributed by atoms with Gasteiger partial charge in [-0.2, -0.15) is 0 Å². The topological polar surface area (TPSA) is 119 Å². The quantitative estimate of drug-likeness (QED) is 0.373. The summed E-state index contributed by atoms with van der Waals surface area (Å²) in [6.07, 6.45) is 8.81. The van der Waals surface area contributed by atoms with E-state index in [0.29, 0.717) is 68.9 Å². The maximum absolute atomic E-state index is 13.8. The Hall–Kier alpha value is -3.15. The van der Waals surface area contributed by atoms with Crippen molar-refractivity contribution in [3.63, 3.8) is 0 Å². The third-order valence-electron chi connectivity index (χ3n) is 9.86. The van der Waals surface area contributed by atoms with E-state index >= 15 is 0 Å². The Kier molecular flexibility index (Phi) is 10.1. The van der Waals surface area contributed by atoms with E-state index in [9.17, 15) is 23.1 Å². The predicted octanol–water partition coefficient (Wildman–Crippen LogP) is 4.42. The first-order valence-corrected chi connectivity index (χ1v) is 18.2. The van der Waals surface area contributed by atoms with Crippen LogP contribution in [0.5, 0.6) is 11.5 Å². The molecule has 3 aliphatic rings. The van der Waals surface area contributed by atoms with Gasteiger partial charge in [0.2, 0.25) is 21.8 Å². The zero-order valence-corrected chi connectivity index (χ0v) is 27.7. The number of sulfonamides is 1. The first-order chi connectivity index (χ1) is 21.4. The van der Waals surface area contributed by atoms with Crippen molar-refractivity contribution in [2.45, 2.75) is 94.9 Å². The molecule has 10 nitrogen and oxygen atoms in total. The lowest BCUT2D eigenvalue weighted by Gasteiger charge is -2.52.